The number of thiophene rings is 1. The molecule has 3 N–H and O–H groups in total. The number of nitrogens with one attached hydrogen (secondary N) is 2. The molecule has 0 saturated carbocycles. The van der Waals surface area contributed by atoms with E-state index >= 15 is 0 Å². The zero-order chi connectivity index (χ0) is 14.6. The van der Waals surface area contributed by atoms with E-state index < -0.39 is 5.60 Å². The molecule has 4 nitrogen and oxygen atoms in total. The minimum absolute atomic E-state index is 0.154. The number of rotatable bonds is 4. The van der Waals surface area contributed by atoms with Gasteiger partial charge in [-0.25, -0.2) is 4.79 Å². The zero-order valence-corrected chi connectivity index (χ0v) is 12.3. The van der Waals surface area contributed by atoms with Crippen LogP contribution in [0.15, 0.2) is 41.1 Å². The van der Waals surface area contributed by atoms with E-state index in [0.717, 1.165) is 16.8 Å². The molecule has 0 aliphatic heterocycles. The Balaban J connectivity index is 1.88. The lowest BCUT2D eigenvalue weighted by atomic mass is 9.99. The van der Waals surface area contributed by atoms with E-state index in [-0.39, 0.29) is 12.6 Å². The van der Waals surface area contributed by atoms with Gasteiger partial charge in [-0.2, -0.15) is 11.3 Å². The lowest BCUT2D eigenvalue weighted by molar-refractivity contribution is 0.0604. The topological polar surface area (TPSA) is 61.4 Å². The molecule has 20 heavy (non-hydrogen) atoms. The molecule has 0 bridgehead atoms. The van der Waals surface area contributed by atoms with E-state index in [4.69, 9.17) is 0 Å². The van der Waals surface area contributed by atoms with Crippen LogP contribution in [0.5, 0.6) is 0 Å². The van der Waals surface area contributed by atoms with Gasteiger partial charge < -0.3 is 15.7 Å². The van der Waals surface area contributed by atoms with Gasteiger partial charge in [-0.05, 0) is 48.4 Å². The second-order valence-electron chi connectivity index (χ2n) is 4.96. The van der Waals surface area contributed by atoms with Crippen LogP contribution < -0.4 is 10.6 Å². The molecule has 0 radical (unpaired) electrons. The summed E-state index contributed by atoms with van der Waals surface area (Å²) in [6.07, 6.45) is 0. The summed E-state index contributed by atoms with van der Waals surface area (Å²) >= 11 is 1.52. The molecular formula is C15H18N2O2S. The van der Waals surface area contributed by atoms with Crippen LogP contribution >= 0.6 is 11.3 Å². The van der Waals surface area contributed by atoms with Gasteiger partial charge in [0.05, 0.1) is 6.54 Å². The van der Waals surface area contributed by atoms with E-state index in [1.54, 1.807) is 6.92 Å². The van der Waals surface area contributed by atoms with E-state index in [9.17, 15) is 9.90 Å². The summed E-state index contributed by atoms with van der Waals surface area (Å²) in [6.45, 7) is 3.82. The fourth-order valence-corrected chi connectivity index (χ4v) is 2.52. The number of aryl methyl sites for hydroxylation is 1. The van der Waals surface area contributed by atoms with Gasteiger partial charge in [0.15, 0.2) is 0 Å². The summed E-state index contributed by atoms with van der Waals surface area (Å²) in [5.74, 6) is 0. The second kappa shape index (κ2) is 6.07. The van der Waals surface area contributed by atoms with Crippen LogP contribution in [0.1, 0.15) is 18.1 Å². The van der Waals surface area contributed by atoms with Gasteiger partial charge in [-0.1, -0.05) is 17.7 Å². The van der Waals surface area contributed by atoms with Crippen molar-refractivity contribution < 1.29 is 9.90 Å². The van der Waals surface area contributed by atoms with Crippen LogP contribution in [0.25, 0.3) is 0 Å². The summed E-state index contributed by atoms with van der Waals surface area (Å²) in [5, 5.41) is 19.5. The third kappa shape index (κ3) is 3.82. The van der Waals surface area contributed by atoms with Crippen LogP contribution in [0.3, 0.4) is 0 Å². The molecule has 2 aromatic rings. The van der Waals surface area contributed by atoms with Crippen LogP contribution in [-0.2, 0) is 5.60 Å². The molecule has 1 aromatic heterocycles. The molecule has 1 atom stereocenters. The number of hydrogen-bond acceptors (Lipinski definition) is 3. The summed E-state index contributed by atoms with van der Waals surface area (Å²) in [7, 11) is 0. The fourth-order valence-electron chi connectivity index (χ4n) is 1.74. The molecule has 0 aliphatic carbocycles. The molecule has 2 amide bonds. The lowest BCUT2D eigenvalue weighted by Gasteiger charge is -2.22. The first-order valence-electron chi connectivity index (χ1n) is 6.34. The van der Waals surface area contributed by atoms with Crippen molar-refractivity contribution in [3.05, 3.63) is 52.2 Å². The molecule has 0 spiro atoms. The lowest BCUT2D eigenvalue weighted by Crippen LogP contribution is -2.40. The van der Waals surface area contributed by atoms with Gasteiger partial charge in [-0.3, -0.25) is 0 Å². The molecule has 2 rings (SSSR count). The SMILES string of the molecule is Cc1ccc(NC(=O)NC[C@](C)(O)c2ccsc2)cc1. The number of carbonyl (C=O) groups excluding carboxylic acids is 1. The molecule has 0 unspecified atom stereocenters. The highest BCUT2D eigenvalue weighted by molar-refractivity contribution is 7.08. The predicted molar refractivity (Wildman–Crippen MR) is 82.1 cm³/mol. The maximum Gasteiger partial charge on any atom is 0.319 e. The normalized spacial score (nSPS) is 13.6. The Morgan fingerprint density at radius 3 is 2.60 bits per heavy atom. The number of benzene rings is 1. The van der Waals surface area contributed by atoms with E-state index in [1.807, 2.05) is 48.0 Å². The van der Waals surface area contributed by atoms with Crippen molar-refractivity contribution in [3.8, 4) is 0 Å². The van der Waals surface area contributed by atoms with Crippen molar-refractivity contribution in [2.24, 2.45) is 0 Å². The van der Waals surface area contributed by atoms with Gasteiger partial charge in [0.25, 0.3) is 0 Å². The number of amides is 2. The quantitative estimate of drug-likeness (QED) is 0.810. The van der Waals surface area contributed by atoms with Gasteiger partial charge in [-0.15, -0.1) is 0 Å². The Kier molecular flexibility index (Phi) is 4.42. The average molecular weight is 290 g/mol. The van der Waals surface area contributed by atoms with Crippen LogP contribution in [0.2, 0.25) is 0 Å². The molecule has 1 heterocycles. The molecule has 1 aromatic carbocycles. The van der Waals surface area contributed by atoms with Crippen molar-refractivity contribution in [2.45, 2.75) is 19.4 Å². The Morgan fingerprint density at radius 2 is 2.00 bits per heavy atom. The van der Waals surface area contributed by atoms with Crippen molar-refractivity contribution in [1.82, 2.24) is 5.32 Å². The van der Waals surface area contributed by atoms with Crippen molar-refractivity contribution in [1.29, 1.82) is 0 Å². The minimum atomic E-state index is -1.06. The van der Waals surface area contributed by atoms with Crippen molar-refractivity contribution in [3.63, 3.8) is 0 Å². The summed E-state index contributed by atoms with van der Waals surface area (Å²) in [6, 6.07) is 9.06. The smallest absolute Gasteiger partial charge is 0.319 e. The highest BCUT2D eigenvalue weighted by Gasteiger charge is 2.24. The Hall–Kier alpha value is -1.85. The number of hydrogen-bond donors (Lipinski definition) is 3. The first-order chi connectivity index (χ1) is 9.47. The highest BCUT2D eigenvalue weighted by Crippen LogP contribution is 2.22. The van der Waals surface area contributed by atoms with Gasteiger partial charge >= 0.3 is 6.03 Å². The maximum absolute atomic E-state index is 11.8. The third-order valence-corrected chi connectivity index (χ3v) is 3.73. The van der Waals surface area contributed by atoms with Crippen LogP contribution in [-0.4, -0.2) is 17.7 Å². The standard InChI is InChI=1S/C15H18N2O2S/c1-11-3-5-13(6-4-11)17-14(18)16-10-15(2,19)12-7-8-20-9-12/h3-9,19H,10H2,1-2H3,(H2,16,17,18)/t15-/m0/s1. The zero-order valence-electron chi connectivity index (χ0n) is 11.5. The number of anilines is 1. The van der Waals surface area contributed by atoms with E-state index in [0.29, 0.717) is 0 Å². The van der Waals surface area contributed by atoms with Crippen molar-refractivity contribution in [2.75, 3.05) is 11.9 Å². The largest absolute Gasteiger partial charge is 0.384 e. The number of urea groups is 1. The Morgan fingerprint density at radius 1 is 1.30 bits per heavy atom. The van der Waals surface area contributed by atoms with Gasteiger partial charge in [0.2, 0.25) is 0 Å². The second-order valence-corrected chi connectivity index (χ2v) is 5.74. The van der Waals surface area contributed by atoms with E-state index in [1.165, 1.54) is 11.3 Å². The van der Waals surface area contributed by atoms with E-state index in [2.05, 4.69) is 10.6 Å². The Bertz CT molecular complexity index is 562. The fraction of sp³-hybridized carbons (Fsp3) is 0.267. The third-order valence-electron chi connectivity index (χ3n) is 3.05. The predicted octanol–water partition coefficient (Wildman–Crippen LogP) is 3.09. The molecule has 0 saturated heterocycles. The first kappa shape index (κ1) is 14.6. The summed E-state index contributed by atoms with van der Waals surface area (Å²) in [5.41, 5.74) is 1.60. The average Bonchev–Trinajstić information content (AvgIpc) is 2.94. The molecule has 106 valence electrons. The minimum Gasteiger partial charge on any atom is -0.384 e. The van der Waals surface area contributed by atoms with Crippen molar-refractivity contribution >= 4 is 23.1 Å². The highest BCUT2D eigenvalue weighted by atomic mass is 32.1. The maximum atomic E-state index is 11.8. The van der Waals surface area contributed by atoms with Gasteiger partial charge in [0, 0.05) is 5.69 Å². The molecule has 0 fully saturated rings. The van der Waals surface area contributed by atoms with Crippen LogP contribution in [0, 0.1) is 6.92 Å². The number of carbonyl (C=O) groups is 1. The monoisotopic (exact) mass is 290 g/mol. The number of aliphatic hydroxyl groups is 1. The van der Waals surface area contributed by atoms with Crippen LogP contribution in [0.4, 0.5) is 10.5 Å². The Labute approximate surface area is 122 Å². The molecule has 5 heteroatoms. The molecular weight excluding hydrogens is 272 g/mol. The first-order valence-corrected chi connectivity index (χ1v) is 7.28. The molecule has 0 aliphatic rings. The summed E-state index contributed by atoms with van der Waals surface area (Å²) in [4.78, 5) is 11.8. The summed E-state index contributed by atoms with van der Waals surface area (Å²) < 4.78 is 0. The van der Waals surface area contributed by atoms with Gasteiger partial charge in [0.1, 0.15) is 5.60 Å².